The summed E-state index contributed by atoms with van der Waals surface area (Å²) in [4.78, 5) is 17.2. The first-order chi connectivity index (χ1) is 8.06. The molecule has 4 nitrogen and oxygen atoms in total. The Balaban J connectivity index is 1.92. The highest BCUT2D eigenvalue weighted by Crippen LogP contribution is 2.19. The van der Waals surface area contributed by atoms with Crippen molar-refractivity contribution in [3.8, 4) is 0 Å². The minimum atomic E-state index is 0.153. The molecular formula is C13H19N3O. The summed E-state index contributed by atoms with van der Waals surface area (Å²) in [5.74, 6) is 0.590. The highest BCUT2D eigenvalue weighted by atomic mass is 16.2. The van der Waals surface area contributed by atoms with Crippen molar-refractivity contribution < 1.29 is 4.79 Å². The maximum Gasteiger partial charge on any atom is 0.219 e. The van der Waals surface area contributed by atoms with E-state index in [4.69, 9.17) is 0 Å². The maximum atomic E-state index is 11.1. The highest BCUT2D eigenvalue weighted by molar-refractivity contribution is 5.74. The van der Waals surface area contributed by atoms with Crippen molar-refractivity contribution in [1.82, 2.24) is 9.88 Å². The molecule has 1 fully saturated rings. The first-order valence-corrected chi connectivity index (χ1v) is 6.04. The lowest BCUT2D eigenvalue weighted by Crippen LogP contribution is -2.56. The van der Waals surface area contributed by atoms with E-state index >= 15 is 0 Å². The second-order valence-corrected chi connectivity index (χ2v) is 4.89. The summed E-state index contributed by atoms with van der Waals surface area (Å²) in [7, 11) is 0. The van der Waals surface area contributed by atoms with Crippen LogP contribution in [0, 0.1) is 0 Å². The fourth-order valence-electron chi connectivity index (χ4n) is 1.92. The molecule has 4 heteroatoms. The van der Waals surface area contributed by atoms with Crippen LogP contribution in [0.3, 0.4) is 0 Å². The minimum absolute atomic E-state index is 0.153. The predicted octanol–water partition coefficient (Wildman–Crippen LogP) is 1.85. The zero-order valence-electron chi connectivity index (χ0n) is 10.6. The molecule has 0 aromatic carbocycles. The molecule has 2 heterocycles. The number of likely N-dealkylation sites (tertiary alicyclic amines) is 1. The average Bonchev–Trinajstić information content (AvgIpc) is 2.22. The number of aromatic nitrogens is 1. The van der Waals surface area contributed by atoms with Crippen molar-refractivity contribution >= 4 is 11.6 Å². The van der Waals surface area contributed by atoms with Crippen LogP contribution in [-0.2, 0) is 4.79 Å². The standard InChI is InChI=1S/C13H19N3O/c1-9(2)13-6-11(4-5-14-13)15-12-7-16(8-12)10(3)17/h4-6,9,12H,7-8H2,1-3H3,(H,14,15). The van der Waals surface area contributed by atoms with Gasteiger partial charge in [-0.05, 0) is 18.1 Å². The van der Waals surface area contributed by atoms with Crippen LogP contribution in [0.1, 0.15) is 32.4 Å². The lowest BCUT2D eigenvalue weighted by atomic mass is 10.1. The van der Waals surface area contributed by atoms with Gasteiger partial charge in [0.2, 0.25) is 5.91 Å². The van der Waals surface area contributed by atoms with E-state index in [9.17, 15) is 4.79 Å². The van der Waals surface area contributed by atoms with Crippen LogP contribution in [0.2, 0.25) is 0 Å². The molecule has 0 bridgehead atoms. The first-order valence-electron chi connectivity index (χ1n) is 6.04. The zero-order chi connectivity index (χ0) is 12.4. The normalized spacial score (nSPS) is 15.9. The molecule has 0 unspecified atom stereocenters. The van der Waals surface area contributed by atoms with Crippen LogP contribution >= 0.6 is 0 Å². The van der Waals surface area contributed by atoms with Crippen LogP contribution in [-0.4, -0.2) is 34.9 Å². The lowest BCUT2D eigenvalue weighted by molar-refractivity contribution is -0.132. The van der Waals surface area contributed by atoms with E-state index in [1.54, 1.807) is 6.92 Å². The number of pyridine rings is 1. The molecule has 1 amide bonds. The molecule has 0 radical (unpaired) electrons. The fraction of sp³-hybridized carbons (Fsp3) is 0.538. The lowest BCUT2D eigenvalue weighted by Gasteiger charge is -2.39. The molecule has 1 N–H and O–H groups in total. The smallest absolute Gasteiger partial charge is 0.219 e. The van der Waals surface area contributed by atoms with Gasteiger partial charge in [-0.15, -0.1) is 0 Å². The Hall–Kier alpha value is -1.58. The van der Waals surface area contributed by atoms with Crippen molar-refractivity contribution in [2.75, 3.05) is 18.4 Å². The van der Waals surface area contributed by atoms with Gasteiger partial charge in [0.15, 0.2) is 0 Å². The summed E-state index contributed by atoms with van der Waals surface area (Å²) in [5, 5.41) is 3.42. The van der Waals surface area contributed by atoms with Crippen molar-refractivity contribution in [2.45, 2.75) is 32.7 Å². The van der Waals surface area contributed by atoms with Crippen molar-refractivity contribution in [3.63, 3.8) is 0 Å². The van der Waals surface area contributed by atoms with Crippen LogP contribution in [0.25, 0.3) is 0 Å². The number of carbonyl (C=O) groups is 1. The summed E-state index contributed by atoms with van der Waals surface area (Å²) < 4.78 is 0. The summed E-state index contributed by atoms with van der Waals surface area (Å²) in [6.07, 6.45) is 1.83. The van der Waals surface area contributed by atoms with Crippen LogP contribution in [0.4, 0.5) is 5.69 Å². The second-order valence-electron chi connectivity index (χ2n) is 4.89. The molecule has 1 aromatic heterocycles. The number of amides is 1. The first kappa shape index (κ1) is 11.9. The highest BCUT2D eigenvalue weighted by Gasteiger charge is 2.28. The summed E-state index contributed by atoms with van der Waals surface area (Å²) in [6.45, 7) is 7.47. The average molecular weight is 233 g/mol. The molecule has 0 atom stereocenters. The van der Waals surface area contributed by atoms with Crippen molar-refractivity contribution in [3.05, 3.63) is 24.0 Å². The van der Waals surface area contributed by atoms with Crippen LogP contribution in [0.5, 0.6) is 0 Å². The summed E-state index contributed by atoms with van der Waals surface area (Å²) >= 11 is 0. The largest absolute Gasteiger partial charge is 0.379 e. The molecule has 0 saturated carbocycles. The predicted molar refractivity (Wildman–Crippen MR) is 68.0 cm³/mol. The Morgan fingerprint density at radius 2 is 2.24 bits per heavy atom. The van der Waals surface area contributed by atoms with Gasteiger partial charge < -0.3 is 10.2 Å². The van der Waals surface area contributed by atoms with Crippen LogP contribution < -0.4 is 5.32 Å². The van der Waals surface area contributed by atoms with Gasteiger partial charge >= 0.3 is 0 Å². The molecule has 1 aliphatic heterocycles. The monoisotopic (exact) mass is 233 g/mol. The van der Waals surface area contributed by atoms with E-state index < -0.39 is 0 Å². The number of nitrogens with one attached hydrogen (secondary N) is 1. The van der Waals surface area contributed by atoms with Gasteiger partial charge in [0, 0.05) is 37.6 Å². The molecule has 0 spiro atoms. The number of hydrogen-bond donors (Lipinski definition) is 1. The molecule has 92 valence electrons. The van der Waals surface area contributed by atoms with Gasteiger partial charge in [-0.3, -0.25) is 9.78 Å². The van der Waals surface area contributed by atoms with Gasteiger partial charge in [0.05, 0.1) is 6.04 Å². The van der Waals surface area contributed by atoms with Gasteiger partial charge in [-0.1, -0.05) is 13.8 Å². The molecule has 1 saturated heterocycles. The molecule has 0 aliphatic carbocycles. The van der Waals surface area contributed by atoms with Crippen LogP contribution in [0.15, 0.2) is 18.3 Å². The quantitative estimate of drug-likeness (QED) is 0.866. The molecule has 17 heavy (non-hydrogen) atoms. The number of rotatable bonds is 3. The molecule has 2 rings (SSSR count). The molecule has 1 aliphatic rings. The minimum Gasteiger partial charge on any atom is -0.379 e. The number of anilines is 1. The Kier molecular flexibility index (Phi) is 3.31. The van der Waals surface area contributed by atoms with E-state index in [1.807, 2.05) is 17.2 Å². The van der Waals surface area contributed by atoms with E-state index in [-0.39, 0.29) is 5.91 Å². The second kappa shape index (κ2) is 4.73. The Labute approximate surface area is 102 Å². The van der Waals surface area contributed by atoms with Gasteiger partial charge in [-0.25, -0.2) is 0 Å². The third kappa shape index (κ3) is 2.75. The van der Waals surface area contributed by atoms with E-state index in [1.165, 1.54) is 0 Å². The van der Waals surface area contributed by atoms with E-state index in [0.29, 0.717) is 12.0 Å². The van der Waals surface area contributed by atoms with Crippen molar-refractivity contribution in [2.24, 2.45) is 0 Å². The number of nitrogens with zero attached hydrogens (tertiary/aromatic N) is 2. The van der Waals surface area contributed by atoms with E-state index in [0.717, 1.165) is 24.5 Å². The van der Waals surface area contributed by atoms with Crippen molar-refractivity contribution in [1.29, 1.82) is 0 Å². The summed E-state index contributed by atoms with van der Waals surface area (Å²) in [5.41, 5.74) is 2.19. The SMILES string of the molecule is CC(=O)N1CC(Nc2ccnc(C(C)C)c2)C1. The van der Waals surface area contributed by atoms with Gasteiger partial charge in [0.1, 0.15) is 0 Å². The fourth-order valence-corrected chi connectivity index (χ4v) is 1.92. The number of carbonyl (C=O) groups excluding carboxylic acids is 1. The van der Waals surface area contributed by atoms with E-state index in [2.05, 4.69) is 30.2 Å². The zero-order valence-corrected chi connectivity index (χ0v) is 10.6. The van der Waals surface area contributed by atoms with Gasteiger partial charge in [-0.2, -0.15) is 0 Å². The Morgan fingerprint density at radius 1 is 1.53 bits per heavy atom. The summed E-state index contributed by atoms with van der Waals surface area (Å²) in [6, 6.07) is 4.44. The third-order valence-electron chi connectivity index (χ3n) is 3.07. The maximum absolute atomic E-state index is 11.1. The molecule has 1 aromatic rings. The Morgan fingerprint density at radius 3 is 2.82 bits per heavy atom. The topological polar surface area (TPSA) is 45.2 Å². The van der Waals surface area contributed by atoms with Gasteiger partial charge in [0.25, 0.3) is 0 Å². The third-order valence-corrected chi connectivity index (χ3v) is 3.07. The molecular weight excluding hydrogens is 214 g/mol. The Bertz CT molecular complexity index is 411. The number of hydrogen-bond acceptors (Lipinski definition) is 3.